The average molecular weight is 764 g/mol. The summed E-state index contributed by atoms with van der Waals surface area (Å²) in [5.41, 5.74) is 5.07. The van der Waals surface area contributed by atoms with Crippen LogP contribution >= 0.6 is 0 Å². The van der Waals surface area contributed by atoms with Crippen LogP contribution in [-0.2, 0) is 19.6 Å². The van der Waals surface area contributed by atoms with E-state index < -0.39 is 39.7 Å². The Bertz CT molecular complexity index is 2440. The van der Waals surface area contributed by atoms with Crippen LogP contribution in [0.5, 0.6) is 5.75 Å². The number of carbonyl (C=O) groups excluding carboxylic acids is 4. The minimum atomic E-state index is -3.42. The summed E-state index contributed by atoms with van der Waals surface area (Å²) in [5, 5.41) is 10.2. The third kappa shape index (κ3) is 7.43. The van der Waals surface area contributed by atoms with E-state index >= 15 is 0 Å². The van der Waals surface area contributed by atoms with Crippen molar-refractivity contribution >= 4 is 62.2 Å². The number of sulfonamides is 1. The van der Waals surface area contributed by atoms with E-state index in [4.69, 9.17) is 9.84 Å². The number of hydrogen-bond acceptors (Lipinski definition) is 12. The first-order chi connectivity index (χ1) is 26.5. The number of piperidine rings is 1. The van der Waals surface area contributed by atoms with Gasteiger partial charge in [0.25, 0.3) is 11.8 Å². The van der Waals surface area contributed by atoms with Gasteiger partial charge in [0.15, 0.2) is 0 Å². The van der Waals surface area contributed by atoms with Gasteiger partial charge in [-0.15, -0.1) is 5.10 Å². The molecule has 2 fully saturated rings. The molecule has 17 heteroatoms. The molecular formula is C38H37N9O7S. The third-order valence-corrected chi connectivity index (χ3v) is 10.4. The van der Waals surface area contributed by atoms with Gasteiger partial charge in [-0.1, -0.05) is 18.2 Å². The lowest BCUT2D eigenvalue weighted by Crippen LogP contribution is -2.54. The summed E-state index contributed by atoms with van der Waals surface area (Å²) in [6, 6.07) is 22.8. The zero-order valence-corrected chi connectivity index (χ0v) is 30.6. The van der Waals surface area contributed by atoms with Gasteiger partial charge in [-0.3, -0.25) is 39.0 Å². The van der Waals surface area contributed by atoms with Gasteiger partial charge in [-0.2, -0.15) is 0 Å². The van der Waals surface area contributed by atoms with Gasteiger partial charge >= 0.3 is 0 Å². The van der Waals surface area contributed by atoms with Crippen molar-refractivity contribution in [2.45, 2.75) is 18.9 Å². The normalized spacial score (nSPS) is 17.7. The largest absolute Gasteiger partial charge is 0.491 e. The van der Waals surface area contributed by atoms with Crippen LogP contribution < -0.4 is 25.0 Å². The quantitative estimate of drug-likeness (QED) is 0.167. The molecule has 1 unspecified atom stereocenters. The van der Waals surface area contributed by atoms with E-state index in [1.807, 2.05) is 42.5 Å². The van der Waals surface area contributed by atoms with E-state index in [1.54, 1.807) is 47.1 Å². The Morgan fingerprint density at radius 2 is 1.67 bits per heavy atom. The van der Waals surface area contributed by atoms with Gasteiger partial charge in [-0.05, 0) is 67.1 Å². The first-order valence-corrected chi connectivity index (χ1v) is 19.6. The van der Waals surface area contributed by atoms with E-state index in [0.717, 1.165) is 65.5 Å². The molecule has 4 amide bonds. The second-order valence-electron chi connectivity index (χ2n) is 13.6. The number of ether oxygens (including phenoxy) is 1. The first kappa shape index (κ1) is 35.7. The van der Waals surface area contributed by atoms with Gasteiger partial charge in [0.1, 0.15) is 18.4 Å². The number of anilines is 4. The number of carbonyl (C=O) groups is 4. The van der Waals surface area contributed by atoms with Crippen LogP contribution in [0.3, 0.4) is 0 Å². The van der Waals surface area contributed by atoms with Crippen LogP contribution in [0, 0.1) is 0 Å². The molecule has 0 radical (unpaired) electrons. The number of nitrogens with one attached hydrogen (secondary N) is 3. The molecule has 0 saturated carbocycles. The number of rotatable bonds is 11. The molecule has 55 heavy (non-hydrogen) atoms. The average Bonchev–Trinajstić information content (AvgIpc) is 3.70. The standard InChI is InChI=1S/C38H37N9O7S/c1-55(52,53)43-26-5-2-4-24(22-26)30-13-12-28-23-39-38(42-47(28)30)40-25-8-10-27(11-9-25)45-18-16-44(17-19-45)20-21-54-32-7-3-6-29-34(32)37(51)46(36(29)50)31-14-15-33(48)41-35(31)49/h2-13,22-23,31,43H,14-21H2,1H3,(H,40,42)(H,41,48,49). The lowest BCUT2D eigenvalue weighted by Gasteiger charge is -2.36. The number of hydrogen-bond donors (Lipinski definition) is 3. The Kier molecular flexibility index (Phi) is 9.40. The Morgan fingerprint density at radius 1 is 0.891 bits per heavy atom. The fraction of sp³-hybridized carbons (Fsp3) is 0.263. The maximum atomic E-state index is 13.4. The van der Waals surface area contributed by atoms with Crippen molar-refractivity contribution < 1.29 is 32.3 Å². The molecule has 0 bridgehead atoms. The maximum Gasteiger partial charge on any atom is 0.266 e. The van der Waals surface area contributed by atoms with Gasteiger partial charge in [0, 0.05) is 61.8 Å². The van der Waals surface area contributed by atoms with Crippen molar-refractivity contribution in [3.63, 3.8) is 0 Å². The van der Waals surface area contributed by atoms with E-state index in [2.05, 4.69) is 30.1 Å². The number of nitrogens with zero attached hydrogens (tertiary/aromatic N) is 6. The number of imide groups is 2. The zero-order valence-electron chi connectivity index (χ0n) is 29.8. The van der Waals surface area contributed by atoms with Gasteiger partial charge in [0.2, 0.25) is 27.8 Å². The smallest absolute Gasteiger partial charge is 0.266 e. The highest BCUT2D eigenvalue weighted by Gasteiger charge is 2.46. The maximum absolute atomic E-state index is 13.4. The number of aromatic nitrogens is 3. The summed E-state index contributed by atoms with van der Waals surface area (Å²) in [4.78, 5) is 60.5. The topological polar surface area (TPSA) is 188 Å². The van der Waals surface area contributed by atoms with E-state index in [0.29, 0.717) is 30.5 Å². The predicted molar refractivity (Wildman–Crippen MR) is 204 cm³/mol. The zero-order chi connectivity index (χ0) is 38.3. The van der Waals surface area contributed by atoms with Crippen LogP contribution in [-0.4, -0.2) is 108 Å². The molecule has 5 aromatic rings. The summed E-state index contributed by atoms with van der Waals surface area (Å²) in [6.45, 7) is 4.14. The minimum Gasteiger partial charge on any atom is -0.491 e. The van der Waals surface area contributed by atoms with Crippen LogP contribution in [0.4, 0.5) is 23.0 Å². The fourth-order valence-corrected chi connectivity index (χ4v) is 7.69. The van der Waals surface area contributed by atoms with Crippen molar-refractivity contribution in [3.05, 3.63) is 96.2 Å². The third-order valence-electron chi connectivity index (χ3n) is 9.82. The van der Waals surface area contributed by atoms with E-state index in [1.165, 1.54) is 0 Å². The number of amides is 4. The van der Waals surface area contributed by atoms with Crippen molar-refractivity contribution in [2.24, 2.45) is 0 Å². The highest BCUT2D eigenvalue weighted by molar-refractivity contribution is 7.92. The van der Waals surface area contributed by atoms with E-state index in [9.17, 15) is 27.6 Å². The molecule has 1 atom stereocenters. The molecule has 3 aliphatic heterocycles. The van der Waals surface area contributed by atoms with Crippen LogP contribution in [0.2, 0.25) is 0 Å². The van der Waals surface area contributed by atoms with Crippen molar-refractivity contribution in [1.82, 2.24) is 29.7 Å². The number of fused-ring (bicyclic) bond motifs is 2. The second-order valence-corrected chi connectivity index (χ2v) is 15.3. The number of piperazine rings is 1. The minimum absolute atomic E-state index is 0.0567. The van der Waals surface area contributed by atoms with Gasteiger partial charge in [-0.25, -0.2) is 17.9 Å². The van der Waals surface area contributed by atoms with E-state index in [-0.39, 0.29) is 24.0 Å². The summed E-state index contributed by atoms with van der Waals surface area (Å²) in [5.74, 6) is -1.52. The highest BCUT2D eigenvalue weighted by atomic mass is 32.2. The summed E-state index contributed by atoms with van der Waals surface area (Å²) in [7, 11) is -3.42. The van der Waals surface area contributed by atoms with Crippen molar-refractivity contribution in [3.8, 4) is 17.0 Å². The molecule has 5 heterocycles. The Morgan fingerprint density at radius 3 is 2.44 bits per heavy atom. The molecule has 0 spiro atoms. The monoisotopic (exact) mass is 763 g/mol. The Balaban J connectivity index is 0.844. The van der Waals surface area contributed by atoms with Gasteiger partial charge in [0.05, 0.1) is 34.8 Å². The van der Waals surface area contributed by atoms with Crippen LogP contribution in [0.1, 0.15) is 33.6 Å². The van der Waals surface area contributed by atoms with Crippen molar-refractivity contribution in [1.29, 1.82) is 0 Å². The second kappa shape index (κ2) is 14.5. The van der Waals surface area contributed by atoms with Crippen molar-refractivity contribution in [2.75, 3.05) is 60.5 Å². The molecule has 3 N–H and O–H groups in total. The van der Waals surface area contributed by atoms with Crippen LogP contribution in [0.25, 0.3) is 16.8 Å². The Hall–Kier alpha value is -6.33. The summed E-state index contributed by atoms with van der Waals surface area (Å²) >= 11 is 0. The van der Waals surface area contributed by atoms with Gasteiger partial charge < -0.3 is 15.0 Å². The molecule has 8 rings (SSSR count). The molecule has 3 aliphatic rings. The predicted octanol–water partition coefficient (Wildman–Crippen LogP) is 3.11. The fourth-order valence-electron chi connectivity index (χ4n) is 7.14. The SMILES string of the molecule is CS(=O)(=O)Nc1cccc(-c2ccc3cnc(Nc4ccc(N5CCN(CCOc6cccc7c6C(=O)N(C6CCC(=O)NC6=O)C7=O)CC5)cc4)nn23)c1. The first-order valence-electron chi connectivity index (χ1n) is 17.8. The number of benzene rings is 3. The summed E-state index contributed by atoms with van der Waals surface area (Å²) < 4.78 is 33.8. The van der Waals surface area contributed by atoms with Crippen LogP contribution in [0.15, 0.2) is 85.1 Å². The molecular weight excluding hydrogens is 727 g/mol. The molecule has 0 aliphatic carbocycles. The highest BCUT2D eigenvalue weighted by Crippen LogP contribution is 2.34. The summed E-state index contributed by atoms with van der Waals surface area (Å²) in [6.07, 6.45) is 2.99. The molecule has 3 aromatic carbocycles. The lowest BCUT2D eigenvalue weighted by atomic mass is 10.0. The molecule has 16 nitrogen and oxygen atoms in total. The molecule has 2 aromatic heterocycles. The molecule has 282 valence electrons. The lowest BCUT2D eigenvalue weighted by molar-refractivity contribution is -0.136. The molecule has 2 saturated heterocycles. The Labute approximate surface area is 316 Å².